The predicted octanol–water partition coefficient (Wildman–Crippen LogP) is 4.81. The maximum atomic E-state index is 13.8. The third kappa shape index (κ3) is 3.73. The normalized spacial score (nSPS) is 18.1. The molecule has 0 spiro atoms. The van der Waals surface area contributed by atoms with E-state index in [0.717, 1.165) is 18.2 Å². The molecule has 0 unspecified atom stereocenters. The first kappa shape index (κ1) is 15.3. The van der Waals surface area contributed by atoms with Gasteiger partial charge in [0.05, 0.1) is 18.2 Å². The van der Waals surface area contributed by atoms with Crippen LogP contribution in [0.1, 0.15) is 44.1 Å². The summed E-state index contributed by atoms with van der Waals surface area (Å²) in [5.41, 5.74) is 0.427. The third-order valence-electron chi connectivity index (χ3n) is 4.04. The zero-order chi connectivity index (χ0) is 14.4. The number of hydrogen-bond acceptors (Lipinski definition) is 2. The number of alkyl halides is 1. The van der Waals surface area contributed by atoms with Gasteiger partial charge in [-0.15, -0.1) is 0 Å². The average Bonchev–Trinajstić information content (AvgIpc) is 2.72. The van der Waals surface area contributed by atoms with Crippen molar-refractivity contribution in [3.8, 4) is 11.8 Å². The molecule has 2 rings (SSSR count). The minimum absolute atomic E-state index is 0.108. The first-order valence-electron chi connectivity index (χ1n) is 7.07. The van der Waals surface area contributed by atoms with Crippen molar-refractivity contribution in [2.45, 2.75) is 38.5 Å². The van der Waals surface area contributed by atoms with Gasteiger partial charge in [-0.25, -0.2) is 4.39 Å². The molecule has 108 valence electrons. The molecule has 0 radical (unpaired) electrons. The molecule has 0 N–H and O–H groups in total. The van der Waals surface area contributed by atoms with Crippen LogP contribution in [0.3, 0.4) is 0 Å². The van der Waals surface area contributed by atoms with Crippen LogP contribution < -0.4 is 4.74 Å². The number of nitriles is 1. The van der Waals surface area contributed by atoms with Crippen molar-refractivity contribution >= 4 is 15.9 Å². The Balaban J connectivity index is 2.04. The fourth-order valence-corrected chi connectivity index (χ4v) is 3.44. The Bertz CT molecular complexity index is 490. The highest BCUT2D eigenvalue weighted by molar-refractivity contribution is 9.09. The van der Waals surface area contributed by atoms with Crippen LogP contribution in [0.4, 0.5) is 4.39 Å². The van der Waals surface area contributed by atoms with Crippen LogP contribution in [0, 0.1) is 22.6 Å². The number of halogens is 2. The van der Waals surface area contributed by atoms with E-state index in [4.69, 9.17) is 10.00 Å². The highest BCUT2D eigenvalue weighted by Gasteiger charge is 2.31. The van der Waals surface area contributed by atoms with E-state index < -0.39 is 5.82 Å². The predicted molar refractivity (Wildman–Crippen MR) is 80.5 cm³/mol. The first-order chi connectivity index (χ1) is 9.69. The minimum Gasteiger partial charge on any atom is -0.490 e. The Labute approximate surface area is 128 Å². The number of benzene rings is 1. The second kappa shape index (κ2) is 7.08. The quantitative estimate of drug-likeness (QED) is 0.582. The molecule has 1 aromatic carbocycles. The second-order valence-electron chi connectivity index (χ2n) is 5.59. The van der Waals surface area contributed by atoms with Crippen molar-refractivity contribution in [3.63, 3.8) is 0 Å². The number of nitrogens with zero attached hydrogens (tertiary/aromatic N) is 1. The molecule has 0 saturated heterocycles. The third-order valence-corrected chi connectivity index (χ3v) is 5.23. The van der Waals surface area contributed by atoms with Crippen molar-refractivity contribution in [1.29, 1.82) is 5.26 Å². The molecule has 1 aliphatic carbocycles. The van der Waals surface area contributed by atoms with Crippen LogP contribution in [0.2, 0.25) is 0 Å². The smallest absolute Gasteiger partial charge is 0.166 e. The van der Waals surface area contributed by atoms with Crippen LogP contribution in [-0.2, 0) is 0 Å². The molecule has 20 heavy (non-hydrogen) atoms. The monoisotopic (exact) mass is 339 g/mol. The van der Waals surface area contributed by atoms with E-state index in [1.54, 1.807) is 12.1 Å². The lowest BCUT2D eigenvalue weighted by Crippen LogP contribution is -2.30. The van der Waals surface area contributed by atoms with Gasteiger partial charge < -0.3 is 4.74 Å². The van der Waals surface area contributed by atoms with Gasteiger partial charge in [-0.1, -0.05) is 41.6 Å². The molecule has 0 heterocycles. The molecule has 1 fully saturated rings. The summed E-state index contributed by atoms with van der Waals surface area (Å²) in [7, 11) is 0. The highest BCUT2D eigenvalue weighted by atomic mass is 79.9. The summed E-state index contributed by atoms with van der Waals surface area (Å²) >= 11 is 3.60. The SMILES string of the molecule is N#Cc1ccc(OCC2(CBr)CCCCCC2)c(F)c1. The van der Waals surface area contributed by atoms with Crippen molar-refractivity contribution in [1.82, 2.24) is 0 Å². The van der Waals surface area contributed by atoms with Gasteiger partial charge in [0.15, 0.2) is 11.6 Å². The van der Waals surface area contributed by atoms with Gasteiger partial charge in [0.2, 0.25) is 0 Å². The summed E-state index contributed by atoms with van der Waals surface area (Å²) in [4.78, 5) is 0. The van der Waals surface area contributed by atoms with E-state index in [0.29, 0.717) is 12.2 Å². The van der Waals surface area contributed by atoms with Gasteiger partial charge >= 0.3 is 0 Å². The largest absolute Gasteiger partial charge is 0.490 e. The summed E-state index contributed by atoms with van der Waals surface area (Å²) < 4.78 is 19.5. The highest BCUT2D eigenvalue weighted by Crippen LogP contribution is 2.37. The average molecular weight is 340 g/mol. The topological polar surface area (TPSA) is 33.0 Å². The van der Waals surface area contributed by atoms with Gasteiger partial charge in [0.1, 0.15) is 0 Å². The first-order valence-corrected chi connectivity index (χ1v) is 8.20. The van der Waals surface area contributed by atoms with Gasteiger partial charge in [-0.3, -0.25) is 0 Å². The van der Waals surface area contributed by atoms with E-state index in [2.05, 4.69) is 15.9 Å². The number of rotatable bonds is 4. The Hall–Kier alpha value is -1.08. The minimum atomic E-state index is -0.456. The number of ether oxygens (including phenoxy) is 1. The van der Waals surface area contributed by atoms with Crippen LogP contribution in [0.25, 0.3) is 0 Å². The van der Waals surface area contributed by atoms with Gasteiger partial charge in [-0.05, 0) is 31.0 Å². The van der Waals surface area contributed by atoms with Gasteiger partial charge in [0.25, 0.3) is 0 Å². The summed E-state index contributed by atoms with van der Waals surface area (Å²) in [6.45, 7) is 0.529. The van der Waals surface area contributed by atoms with E-state index in [1.807, 2.05) is 6.07 Å². The molecular formula is C16H19BrFNO. The fourth-order valence-electron chi connectivity index (χ4n) is 2.71. The zero-order valence-electron chi connectivity index (χ0n) is 11.5. The lowest BCUT2D eigenvalue weighted by atomic mass is 9.83. The van der Waals surface area contributed by atoms with Gasteiger partial charge in [0, 0.05) is 10.7 Å². The molecular weight excluding hydrogens is 321 g/mol. The molecule has 4 heteroatoms. The summed E-state index contributed by atoms with van der Waals surface area (Å²) in [6.07, 6.45) is 7.22. The van der Waals surface area contributed by atoms with Crippen LogP contribution in [-0.4, -0.2) is 11.9 Å². The van der Waals surface area contributed by atoms with E-state index >= 15 is 0 Å². The van der Waals surface area contributed by atoms with Crippen LogP contribution in [0.15, 0.2) is 18.2 Å². The fraction of sp³-hybridized carbons (Fsp3) is 0.562. The van der Waals surface area contributed by atoms with Crippen LogP contribution in [0.5, 0.6) is 5.75 Å². The molecule has 1 aliphatic rings. The lowest BCUT2D eigenvalue weighted by Gasteiger charge is -2.30. The Morgan fingerprint density at radius 2 is 1.95 bits per heavy atom. The van der Waals surface area contributed by atoms with E-state index in [1.165, 1.54) is 31.7 Å². The second-order valence-corrected chi connectivity index (χ2v) is 6.15. The summed E-state index contributed by atoms with van der Waals surface area (Å²) in [5, 5.41) is 9.62. The van der Waals surface area contributed by atoms with Crippen molar-refractivity contribution in [3.05, 3.63) is 29.6 Å². The standard InChI is InChI=1S/C16H19BrFNO/c17-11-16(7-3-1-2-4-8-16)12-20-15-6-5-13(10-19)9-14(15)18/h5-6,9H,1-4,7-8,11-12H2. The maximum absolute atomic E-state index is 13.8. The Morgan fingerprint density at radius 1 is 1.25 bits per heavy atom. The molecule has 0 aromatic heterocycles. The maximum Gasteiger partial charge on any atom is 0.166 e. The van der Waals surface area contributed by atoms with E-state index in [9.17, 15) is 4.39 Å². The lowest BCUT2D eigenvalue weighted by molar-refractivity contribution is 0.145. The number of hydrogen-bond donors (Lipinski definition) is 0. The summed E-state index contributed by atoms with van der Waals surface area (Å²) in [5.74, 6) is -0.212. The Kier molecular flexibility index (Phi) is 5.42. The zero-order valence-corrected chi connectivity index (χ0v) is 13.1. The molecule has 2 nitrogen and oxygen atoms in total. The van der Waals surface area contributed by atoms with Crippen molar-refractivity contribution in [2.75, 3.05) is 11.9 Å². The summed E-state index contributed by atoms with van der Waals surface area (Å²) in [6, 6.07) is 6.29. The van der Waals surface area contributed by atoms with Crippen molar-refractivity contribution in [2.24, 2.45) is 5.41 Å². The molecule has 0 amide bonds. The molecule has 0 aliphatic heterocycles. The molecule has 0 bridgehead atoms. The van der Waals surface area contributed by atoms with Crippen molar-refractivity contribution < 1.29 is 9.13 Å². The molecule has 0 atom stereocenters. The van der Waals surface area contributed by atoms with E-state index in [-0.39, 0.29) is 11.2 Å². The van der Waals surface area contributed by atoms with Crippen LogP contribution >= 0.6 is 15.9 Å². The van der Waals surface area contributed by atoms with Gasteiger partial charge in [-0.2, -0.15) is 5.26 Å². The molecule has 1 saturated carbocycles. The Morgan fingerprint density at radius 3 is 2.50 bits per heavy atom. The molecule has 1 aromatic rings.